The average Bonchev–Trinajstić information content (AvgIpc) is 3.73. The molecule has 2 fully saturated rings. The van der Waals surface area contributed by atoms with Crippen LogP contribution < -0.4 is 10.6 Å². The molecule has 1 saturated heterocycles. The normalized spacial score (nSPS) is 18.7. The van der Waals surface area contributed by atoms with E-state index in [1.807, 2.05) is 35.2 Å². The number of carbonyl (C=O) groups excluding carboxylic acids is 2. The van der Waals surface area contributed by atoms with Crippen LogP contribution in [0.15, 0.2) is 78.9 Å². The van der Waals surface area contributed by atoms with Crippen LogP contribution in [0.4, 0.5) is 13.2 Å². The van der Waals surface area contributed by atoms with Crippen molar-refractivity contribution in [2.24, 2.45) is 5.92 Å². The molecule has 3 N–H and O–H groups in total. The number of carbonyl (C=O) groups is 2. The predicted molar refractivity (Wildman–Crippen MR) is 163 cm³/mol. The van der Waals surface area contributed by atoms with Crippen LogP contribution >= 0.6 is 0 Å². The summed E-state index contributed by atoms with van der Waals surface area (Å²) in [5.41, 5.74) is 1.42. The minimum Gasteiger partial charge on any atom is -0.390 e. The van der Waals surface area contributed by atoms with Gasteiger partial charge < -0.3 is 20.6 Å². The molecule has 0 spiro atoms. The Morgan fingerprint density at radius 1 is 0.864 bits per heavy atom. The van der Waals surface area contributed by atoms with E-state index in [-0.39, 0.29) is 25.0 Å². The molecular weight excluding hydrogens is 567 g/mol. The second-order valence-electron chi connectivity index (χ2n) is 12.0. The Labute approximate surface area is 256 Å². The Hall–Kier alpha value is -3.69. The number of rotatable bonds is 11. The van der Waals surface area contributed by atoms with Gasteiger partial charge in [-0.05, 0) is 73.4 Å². The van der Waals surface area contributed by atoms with Gasteiger partial charge in [0.2, 0.25) is 0 Å². The highest BCUT2D eigenvalue weighted by Gasteiger charge is 2.36. The first-order valence-corrected chi connectivity index (χ1v) is 15.5. The molecule has 5 rings (SSSR count). The second kappa shape index (κ2) is 14.4. The molecular formula is C35H40F3N3O3. The van der Waals surface area contributed by atoms with E-state index in [4.69, 9.17) is 0 Å². The number of alkyl halides is 3. The molecule has 3 aromatic rings. The molecule has 3 aromatic carbocycles. The van der Waals surface area contributed by atoms with Crippen molar-refractivity contribution in [3.8, 4) is 0 Å². The number of hydrogen-bond acceptors (Lipinski definition) is 4. The summed E-state index contributed by atoms with van der Waals surface area (Å²) in [5, 5.41) is 17.1. The number of aliphatic hydroxyl groups is 1. The number of nitrogens with zero attached hydrogens (tertiary/aromatic N) is 1. The highest BCUT2D eigenvalue weighted by atomic mass is 19.4. The molecule has 1 saturated carbocycles. The summed E-state index contributed by atoms with van der Waals surface area (Å²) in [5.74, 6) is 0.0929. The Balaban J connectivity index is 1.25. The van der Waals surface area contributed by atoms with Gasteiger partial charge in [-0.15, -0.1) is 0 Å². The summed E-state index contributed by atoms with van der Waals surface area (Å²) >= 11 is 0. The summed E-state index contributed by atoms with van der Waals surface area (Å²) in [6, 6.07) is 20.8. The third-order valence-corrected chi connectivity index (χ3v) is 8.89. The SMILES string of the molecule is O=C(N[C@@H](Cc1ccccc1)[C@@H](O)CNCc1cccc(C(F)(F)F)c1)c1cccc(C(=O)N2CCCC2C2CCCC2)c1. The predicted octanol–water partition coefficient (Wildman–Crippen LogP) is 5.99. The van der Waals surface area contributed by atoms with Crippen molar-refractivity contribution in [1.29, 1.82) is 0 Å². The fourth-order valence-corrected chi connectivity index (χ4v) is 6.60. The van der Waals surface area contributed by atoms with E-state index in [0.29, 0.717) is 29.0 Å². The molecule has 0 aromatic heterocycles. The van der Waals surface area contributed by atoms with Crippen molar-refractivity contribution < 1.29 is 27.9 Å². The van der Waals surface area contributed by atoms with Crippen LogP contribution in [0.25, 0.3) is 0 Å². The van der Waals surface area contributed by atoms with E-state index in [2.05, 4.69) is 10.6 Å². The number of amides is 2. The van der Waals surface area contributed by atoms with E-state index in [9.17, 15) is 27.9 Å². The molecule has 234 valence electrons. The van der Waals surface area contributed by atoms with Gasteiger partial charge in [-0.2, -0.15) is 13.2 Å². The van der Waals surface area contributed by atoms with Gasteiger partial charge >= 0.3 is 6.18 Å². The zero-order valence-electron chi connectivity index (χ0n) is 24.7. The van der Waals surface area contributed by atoms with Crippen LogP contribution in [0, 0.1) is 5.92 Å². The molecule has 1 heterocycles. The van der Waals surface area contributed by atoms with Gasteiger partial charge in [0.05, 0.1) is 17.7 Å². The van der Waals surface area contributed by atoms with Crippen LogP contribution in [0.3, 0.4) is 0 Å². The first-order valence-electron chi connectivity index (χ1n) is 15.5. The fourth-order valence-electron chi connectivity index (χ4n) is 6.60. The number of likely N-dealkylation sites (tertiary alicyclic amines) is 1. The van der Waals surface area contributed by atoms with Gasteiger partial charge in [0.1, 0.15) is 0 Å². The fraction of sp³-hybridized carbons (Fsp3) is 0.429. The van der Waals surface area contributed by atoms with Gasteiger partial charge in [0.25, 0.3) is 11.8 Å². The van der Waals surface area contributed by atoms with Crippen molar-refractivity contribution >= 4 is 11.8 Å². The van der Waals surface area contributed by atoms with Crippen LogP contribution in [0.2, 0.25) is 0 Å². The third-order valence-electron chi connectivity index (χ3n) is 8.89. The Kier molecular flexibility index (Phi) is 10.4. The maximum Gasteiger partial charge on any atom is 0.416 e. The Morgan fingerprint density at radius 2 is 1.57 bits per heavy atom. The molecule has 0 bridgehead atoms. The standard InChI is InChI=1S/C35H40F3N3O3/c36-35(37,38)29-16-6-11-25(19-29)22-39-23-32(42)30(20-24-9-2-1-3-10-24)40-33(43)27-14-7-15-28(21-27)34(44)41-18-8-17-31(41)26-12-4-5-13-26/h1-3,6-7,9-11,14-16,19,21,26,30-32,39,42H,4-5,8,12-13,17-18,20,22-23H2,(H,40,43)/t30-,31?,32-/m0/s1. The van der Waals surface area contributed by atoms with Gasteiger partial charge in [-0.1, -0.05) is 67.4 Å². The monoisotopic (exact) mass is 607 g/mol. The molecule has 2 amide bonds. The smallest absolute Gasteiger partial charge is 0.390 e. The van der Waals surface area contributed by atoms with Crippen molar-refractivity contribution in [1.82, 2.24) is 15.5 Å². The van der Waals surface area contributed by atoms with Gasteiger partial charge in [0.15, 0.2) is 0 Å². The van der Waals surface area contributed by atoms with Gasteiger partial charge in [0, 0.05) is 36.8 Å². The highest BCUT2D eigenvalue weighted by molar-refractivity contribution is 6.00. The lowest BCUT2D eigenvalue weighted by Crippen LogP contribution is -2.48. The molecule has 2 aliphatic rings. The van der Waals surface area contributed by atoms with Crippen LogP contribution in [-0.2, 0) is 19.1 Å². The molecule has 0 radical (unpaired) electrons. The zero-order valence-corrected chi connectivity index (χ0v) is 24.7. The Bertz CT molecular complexity index is 1410. The molecule has 3 atom stereocenters. The van der Waals surface area contributed by atoms with Crippen molar-refractivity contribution in [3.05, 3.63) is 107 Å². The second-order valence-corrected chi connectivity index (χ2v) is 12.0. The van der Waals surface area contributed by atoms with E-state index < -0.39 is 29.8 Å². The average molecular weight is 608 g/mol. The van der Waals surface area contributed by atoms with Crippen molar-refractivity contribution in [2.75, 3.05) is 13.1 Å². The van der Waals surface area contributed by atoms with Crippen LogP contribution in [-0.4, -0.2) is 53.1 Å². The maximum absolute atomic E-state index is 13.6. The van der Waals surface area contributed by atoms with Crippen molar-refractivity contribution in [3.63, 3.8) is 0 Å². The highest BCUT2D eigenvalue weighted by Crippen LogP contribution is 2.36. The summed E-state index contributed by atoms with van der Waals surface area (Å²) in [7, 11) is 0. The van der Waals surface area contributed by atoms with E-state index in [1.165, 1.54) is 18.9 Å². The molecule has 44 heavy (non-hydrogen) atoms. The lowest BCUT2D eigenvalue weighted by atomic mass is 9.95. The first-order chi connectivity index (χ1) is 21.2. The summed E-state index contributed by atoms with van der Waals surface area (Å²) in [6.45, 7) is 0.898. The largest absolute Gasteiger partial charge is 0.416 e. The van der Waals surface area contributed by atoms with E-state index >= 15 is 0 Å². The summed E-state index contributed by atoms with van der Waals surface area (Å²) < 4.78 is 39.3. The molecule has 1 aliphatic heterocycles. The van der Waals surface area contributed by atoms with Gasteiger partial charge in [-0.25, -0.2) is 0 Å². The lowest BCUT2D eigenvalue weighted by molar-refractivity contribution is -0.137. The number of hydrogen-bond donors (Lipinski definition) is 3. The minimum absolute atomic E-state index is 0.0457. The molecule has 1 unspecified atom stereocenters. The molecule has 6 nitrogen and oxygen atoms in total. The number of nitrogens with one attached hydrogen (secondary N) is 2. The number of benzene rings is 3. The van der Waals surface area contributed by atoms with Gasteiger partial charge in [-0.3, -0.25) is 9.59 Å². The third kappa shape index (κ3) is 8.07. The zero-order chi connectivity index (χ0) is 31.1. The lowest BCUT2D eigenvalue weighted by Gasteiger charge is -2.29. The van der Waals surface area contributed by atoms with E-state index in [0.717, 1.165) is 49.9 Å². The summed E-state index contributed by atoms with van der Waals surface area (Å²) in [6.07, 6.45) is 1.65. The van der Waals surface area contributed by atoms with Crippen LogP contribution in [0.1, 0.15) is 75.9 Å². The molecule has 9 heteroatoms. The minimum atomic E-state index is -4.44. The topological polar surface area (TPSA) is 81.7 Å². The first kappa shape index (κ1) is 31.7. The van der Waals surface area contributed by atoms with Crippen LogP contribution in [0.5, 0.6) is 0 Å². The number of aliphatic hydroxyl groups excluding tert-OH is 1. The molecule has 1 aliphatic carbocycles. The quantitative estimate of drug-likeness (QED) is 0.250. The van der Waals surface area contributed by atoms with E-state index in [1.54, 1.807) is 30.3 Å². The Morgan fingerprint density at radius 3 is 2.32 bits per heavy atom. The maximum atomic E-state index is 13.6. The summed E-state index contributed by atoms with van der Waals surface area (Å²) in [4.78, 5) is 29.0. The number of halogens is 3. The van der Waals surface area contributed by atoms with Crippen molar-refractivity contribution in [2.45, 2.75) is 75.9 Å².